The molecule has 0 saturated carbocycles. The quantitative estimate of drug-likeness (QED) is 0.209. The fourth-order valence-electron chi connectivity index (χ4n) is 8.76. The van der Waals surface area contributed by atoms with Gasteiger partial charge in [-0.15, -0.1) is 0 Å². The van der Waals surface area contributed by atoms with Crippen LogP contribution in [-0.4, -0.2) is 64.1 Å². The summed E-state index contributed by atoms with van der Waals surface area (Å²) < 4.78 is 8.04. The molecule has 1 aromatic heterocycles. The molecular weight excluding hydrogens is 544 g/mol. The van der Waals surface area contributed by atoms with Crippen molar-refractivity contribution in [2.24, 2.45) is 0 Å². The maximum Gasteiger partial charge on any atom is 0.222 e. The lowest BCUT2D eigenvalue weighted by Crippen LogP contribution is -2.49. The summed E-state index contributed by atoms with van der Waals surface area (Å²) in [7, 11) is 1.70. The number of nitrogens with zero attached hydrogens (tertiary/aromatic N) is 4. The fourth-order valence-corrected chi connectivity index (χ4v) is 8.76. The second-order valence-electron chi connectivity index (χ2n) is 13.4. The molecule has 3 aliphatic rings. The topological polar surface area (TPSA) is 50.6 Å². The Hall–Kier alpha value is -3.64. The lowest BCUT2D eigenvalue weighted by molar-refractivity contribution is -0.132. The summed E-state index contributed by atoms with van der Waals surface area (Å²) in [6, 6.07) is 29.6. The summed E-state index contributed by atoms with van der Waals surface area (Å²) in [5, 5.41) is 0. The number of methoxy groups -OCH3 is 1. The summed E-state index contributed by atoms with van der Waals surface area (Å²) in [5.74, 6) is 2.28. The van der Waals surface area contributed by atoms with Gasteiger partial charge in [0, 0.05) is 37.6 Å². The number of hydrogen-bond donors (Lipinski definition) is 0. The first-order valence-corrected chi connectivity index (χ1v) is 16.7. The molecule has 3 aromatic carbocycles. The molecule has 1 amide bonds. The number of piperidine rings is 2. The Morgan fingerprint density at radius 1 is 0.886 bits per heavy atom. The molecule has 3 aliphatic heterocycles. The molecule has 1 unspecified atom stereocenters. The van der Waals surface area contributed by atoms with Crippen LogP contribution < -0.4 is 4.74 Å². The smallest absolute Gasteiger partial charge is 0.222 e. The maximum absolute atomic E-state index is 13.3. The molecular formula is C38H46N4O2. The molecule has 0 radical (unpaired) electrons. The minimum Gasteiger partial charge on any atom is -0.496 e. The number of para-hydroxylation sites is 3. The number of carbonyl (C=O) groups is 1. The Morgan fingerprint density at radius 2 is 1.57 bits per heavy atom. The van der Waals surface area contributed by atoms with Crippen LogP contribution in [0.15, 0.2) is 78.9 Å². The number of aromatic nitrogens is 2. The molecule has 44 heavy (non-hydrogen) atoms. The number of likely N-dealkylation sites (tertiary alicyclic amines) is 1. The number of rotatable bonds is 9. The highest BCUT2D eigenvalue weighted by molar-refractivity contribution is 5.77. The number of benzene rings is 3. The third kappa shape index (κ3) is 5.53. The van der Waals surface area contributed by atoms with Gasteiger partial charge in [-0.25, -0.2) is 4.98 Å². The van der Waals surface area contributed by atoms with E-state index in [0.29, 0.717) is 24.5 Å². The zero-order chi connectivity index (χ0) is 30.1. The average molecular weight is 591 g/mol. The molecule has 0 aliphatic carbocycles. The van der Waals surface area contributed by atoms with Crippen molar-refractivity contribution in [1.29, 1.82) is 0 Å². The van der Waals surface area contributed by atoms with Crippen LogP contribution in [0.1, 0.15) is 74.4 Å². The van der Waals surface area contributed by atoms with Crippen molar-refractivity contribution in [3.63, 3.8) is 0 Å². The van der Waals surface area contributed by atoms with Crippen LogP contribution >= 0.6 is 0 Å². The molecule has 4 heterocycles. The van der Waals surface area contributed by atoms with Crippen LogP contribution in [0, 0.1) is 6.92 Å². The van der Waals surface area contributed by atoms with Crippen LogP contribution in [0.4, 0.5) is 0 Å². The number of fused-ring (bicyclic) bond motifs is 3. The molecule has 230 valence electrons. The van der Waals surface area contributed by atoms with E-state index in [1.165, 1.54) is 36.8 Å². The molecule has 6 nitrogen and oxygen atoms in total. The van der Waals surface area contributed by atoms with E-state index in [1.54, 1.807) is 7.11 Å². The summed E-state index contributed by atoms with van der Waals surface area (Å²) in [4.78, 5) is 23.2. The minimum atomic E-state index is 0.119. The predicted octanol–water partition coefficient (Wildman–Crippen LogP) is 7.10. The summed E-state index contributed by atoms with van der Waals surface area (Å²) in [6.07, 6.45) is 9.51. The van der Waals surface area contributed by atoms with Crippen LogP contribution in [0.25, 0.3) is 11.0 Å². The highest BCUT2D eigenvalue weighted by atomic mass is 16.5. The minimum absolute atomic E-state index is 0.119. The number of ether oxygens (including phenoxy) is 1. The van der Waals surface area contributed by atoms with Gasteiger partial charge < -0.3 is 14.2 Å². The van der Waals surface area contributed by atoms with Crippen molar-refractivity contribution in [3.05, 3.63) is 95.8 Å². The van der Waals surface area contributed by atoms with E-state index in [4.69, 9.17) is 9.72 Å². The van der Waals surface area contributed by atoms with Crippen molar-refractivity contribution in [3.8, 4) is 5.75 Å². The standard InChI is InChI=1S/C38H46N4O2/c1-28-39-34-13-7-8-14-35(34)42(28)33-26-31-17-18-32(27-33)41(31)25-22-38(30-11-4-3-5-12-30)20-23-40(24-21-38)37(43)19-16-29-10-6-9-15-36(29)44-2/h3-15,31-33H,16-27H2,1-2H3/t31-,32+,33?. The Labute approximate surface area is 262 Å². The van der Waals surface area contributed by atoms with Gasteiger partial charge in [0.25, 0.3) is 0 Å². The summed E-state index contributed by atoms with van der Waals surface area (Å²) in [6.45, 7) is 4.99. The van der Waals surface area contributed by atoms with Gasteiger partial charge in [-0.3, -0.25) is 9.69 Å². The first-order chi connectivity index (χ1) is 21.5. The lowest BCUT2D eigenvalue weighted by Gasteiger charge is -2.45. The van der Waals surface area contributed by atoms with Gasteiger partial charge in [-0.05, 0) is 99.6 Å². The van der Waals surface area contributed by atoms with E-state index >= 15 is 0 Å². The van der Waals surface area contributed by atoms with Crippen LogP contribution in [0.3, 0.4) is 0 Å². The SMILES string of the molecule is COc1ccccc1CCC(=O)N1CCC(CCN2[C@@H]3CC[C@H]2CC(n2c(C)nc4ccccc42)C3)(c2ccccc2)CC1. The molecule has 4 aromatic rings. The van der Waals surface area contributed by atoms with E-state index in [9.17, 15) is 4.79 Å². The summed E-state index contributed by atoms with van der Waals surface area (Å²) in [5.41, 5.74) is 5.08. The molecule has 3 fully saturated rings. The molecule has 7 rings (SSSR count). The third-order valence-corrected chi connectivity index (χ3v) is 11.1. The Kier molecular flexibility index (Phi) is 8.19. The maximum atomic E-state index is 13.3. The number of hydrogen-bond acceptors (Lipinski definition) is 4. The summed E-state index contributed by atoms with van der Waals surface area (Å²) >= 11 is 0. The van der Waals surface area contributed by atoms with Gasteiger partial charge in [-0.2, -0.15) is 0 Å². The first-order valence-electron chi connectivity index (χ1n) is 16.7. The zero-order valence-electron chi connectivity index (χ0n) is 26.3. The number of carbonyl (C=O) groups excluding carboxylic acids is 1. The molecule has 0 spiro atoms. The largest absolute Gasteiger partial charge is 0.496 e. The van der Waals surface area contributed by atoms with E-state index in [1.807, 2.05) is 18.2 Å². The van der Waals surface area contributed by atoms with Crippen molar-refractivity contribution in [2.45, 2.75) is 88.3 Å². The first kappa shape index (κ1) is 29.1. The molecule has 0 N–H and O–H groups in total. The van der Waals surface area contributed by atoms with Crippen molar-refractivity contribution < 1.29 is 9.53 Å². The van der Waals surface area contributed by atoms with Gasteiger partial charge in [0.15, 0.2) is 0 Å². The average Bonchev–Trinajstić information content (AvgIpc) is 3.53. The Balaban J connectivity index is 1.01. The van der Waals surface area contributed by atoms with Gasteiger partial charge in [0.2, 0.25) is 5.91 Å². The van der Waals surface area contributed by atoms with Gasteiger partial charge in [0.1, 0.15) is 11.6 Å². The molecule has 2 bridgehead atoms. The molecule has 3 saturated heterocycles. The van der Waals surface area contributed by atoms with Crippen molar-refractivity contribution in [2.75, 3.05) is 26.7 Å². The predicted molar refractivity (Wildman–Crippen MR) is 176 cm³/mol. The number of aryl methyl sites for hydroxylation is 2. The van der Waals surface area contributed by atoms with E-state index < -0.39 is 0 Å². The van der Waals surface area contributed by atoms with E-state index in [0.717, 1.165) is 68.0 Å². The molecule has 6 heteroatoms. The molecule has 3 atom stereocenters. The van der Waals surface area contributed by atoms with Gasteiger partial charge in [0.05, 0.1) is 18.1 Å². The second-order valence-corrected chi connectivity index (χ2v) is 13.4. The van der Waals surface area contributed by atoms with Crippen LogP contribution in [0.5, 0.6) is 5.75 Å². The van der Waals surface area contributed by atoms with Gasteiger partial charge in [-0.1, -0.05) is 60.7 Å². The van der Waals surface area contributed by atoms with Crippen molar-refractivity contribution in [1.82, 2.24) is 19.4 Å². The van der Waals surface area contributed by atoms with E-state index in [2.05, 4.69) is 82.0 Å². The normalized spacial score (nSPS) is 23.2. The highest BCUT2D eigenvalue weighted by Crippen LogP contribution is 2.45. The zero-order valence-corrected chi connectivity index (χ0v) is 26.3. The lowest BCUT2D eigenvalue weighted by atomic mass is 9.70. The Bertz CT molecular complexity index is 1570. The van der Waals surface area contributed by atoms with E-state index in [-0.39, 0.29) is 11.3 Å². The van der Waals surface area contributed by atoms with Gasteiger partial charge >= 0.3 is 0 Å². The second kappa shape index (κ2) is 12.4. The van der Waals surface area contributed by atoms with Crippen molar-refractivity contribution >= 4 is 16.9 Å². The third-order valence-electron chi connectivity index (χ3n) is 11.1. The van der Waals surface area contributed by atoms with Crippen LogP contribution in [0.2, 0.25) is 0 Å². The fraction of sp³-hybridized carbons (Fsp3) is 0.474. The highest BCUT2D eigenvalue weighted by Gasteiger charge is 2.44. The number of amides is 1. The van der Waals surface area contributed by atoms with Crippen LogP contribution in [-0.2, 0) is 16.6 Å². The number of imidazole rings is 1. The monoisotopic (exact) mass is 590 g/mol. The Morgan fingerprint density at radius 3 is 2.32 bits per heavy atom.